The summed E-state index contributed by atoms with van der Waals surface area (Å²) in [5, 5.41) is 12.7. The van der Waals surface area contributed by atoms with Crippen LogP contribution in [-0.2, 0) is 9.59 Å². The summed E-state index contributed by atoms with van der Waals surface area (Å²) in [6.45, 7) is -0.323. The number of para-hydroxylation sites is 2. The number of carbonyl (C=O) groups is 2. The van der Waals surface area contributed by atoms with E-state index in [4.69, 9.17) is 5.73 Å². The highest BCUT2D eigenvalue weighted by Crippen LogP contribution is 2.15. The smallest absolute Gasteiger partial charge is 0.197 e. The van der Waals surface area contributed by atoms with Gasteiger partial charge in [-0.05, 0) is 12.1 Å². The standard InChI is InChI=1S/C9H10N2O3/c10-6-3-1-2-4-7(6)11-5-8(12)9(13)14/h1-4,11H,5,10H2,(H,13,14)/p-1. The molecule has 0 aromatic heterocycles. The van der Waals surface area contributed by atoms with Gasteiger partial charge in [-0.1, -0.05) is 12.1 Å². The average molecular weight is 193 g/mol. The maximum Gasteiger partial charge on any atom is 0.197 e. The largest absolute Gasteiger partial charge is 0.542 e. The summed E-state index contributed by atoms with van der Waals surface area (Å²) in [7, 11) is 0. The van der Waals surface area contributed by atoms with Crippen molar-refractivity contribution in [2.45, 2.75) is 0 Å². The van der Waals surface area contributed by atoms with Crippen molar-refractivity contribution in [1.29, 1.82) is 0 Å². The lowest BCUT2D eigenvalue weighted by Crippen LogP contribution is -2.35. The molecular weight excluding hydrogens is 184 g/mol. The van der Waals surface area contributed by atoms with Gasteiger partial charge in [0.2, 0.25) is 0 Å². The van der Waals surface area contributed by atoms with Gasteiger partial charge in [0.15, 0.2) is 5.78 Å². The minimum Gasteiger partial charge on any atom is -0.542 e. The fourth-order valence-corrected chi connectivity index (χ4v) is 0.906. The van der Waals surface area contributed by atoms with Gasteiger partial charge in [0.25, 0.3) is 0 Å². The van der Waals surface area contributed by atoms with E-state index in [9.17, 15) is 14.7 Å². The molecule has 0 saturated carbocycles. The Morgan fingerprint density at radius 1 is 1.36 bits per heavy atom. The lowest BCUT2D eigenvalue weighted by Gasteiger charge is -2.08. The zero-order chi connectivity index (χ0) is 10.6. The highest BCUT2D eigenvalue weighted by Gasteiger charge is 2.03. The first-order valence-corrected chi connectivity index (χ1v) is 3.94. The molecule has 0 fully saturated rings. The van der Waals surface area contributed by atoms with Crippen LogP contribution in [0.1, 0.15) is 0 Å². The van der Waals surface area contributed by atoms with Crippen LogP contribution in [0, 0.1) is 0 Å². The molecule has 3 N–H and O–H groups in total. The van der Waals surface area contributed by atoms with Crippen molar-refractivity contribution in [1.82, 2.24) is 0 Å². The minimum absolute atomic E-state index is 0.323. The summed E-state index contributed by atoms with van der Waals surface area (Å²) >= 11 is 0. The Bertz CT molecular complexity index is 363. The number of nitrogens with two attached hydrogens (primary N) is 1. The molecule has 0 aliphatic carbocycles. The van der Waals surface area contributed by atoms with Crippen molar-refractivity contribution in [2.24, 2.45) is 0 Å². The van der Waals surface area contributed by atoms with E-state index < -0.39 is 11.8 Å². The number of rotatable bonds is 4. The molecule has 0 amide bonds. The van der Waals surface area contributed by atoms with Crippen molar-refractivity contribution in [3.05, 3.63) is 24.3 Å². The second kappa shape index (κ2) is 4.27. The number of carbonyl (C=O) groups excluding carboxylic acids is 2. The third-order valence-electron chi connectivity index (χ3n) is 1.63. The molecule has 1 aromatic carbocycles. The predicted octanol–water partition coefficient (Wildman–Crippen LogP) is -1.00. The van der Waals surface area contributed by atoms with Gasteiger partial charge < -0.3 is 21.0 Å². The van der Waals surface area contributed by atoms with E-state index in [0.29, 0.717) is 11.4 Å². The number of ketones is 1. The summed E-state index contributed by atoms with van der Waals surface area (Å²) in [5.74, 6) is -2.71. The number of nitrogens with one attached hydrogen (secondary N) is 1. The van der Waals surface area contributed by atoms with Crippen molar-refractivity contribution in [3.63, 3.8) is 0 Å². The molecule has 14 heavy (non-hydrogen) atoms. The molecule has 0 aliphatic rings. The topological polar surface area (TPSA) is 95.2 Å². The van der Waals surface area contributed by atoms with Crippen LogP contribution in [0.3, 0.4) is 0 Å². The quantitative estimate of drug-likeness (QED) is 0.472. The second-order valence-corrected chi connectivity index (χ2v) is 2.65. The van der Waals surface area contributed by atoms with Crippen LogP contribution in [-0.4, -0.2) is 18.3 Å². The molecule has 0 saturated heterocycles. The SMILES string of the molecule is Nc1ccccc1NCC(=O)C(=O)[O-]. The zero-order valence-corrected chi connectivity index (χ0v) is 7.32. The predicted molar refractivity (Wildman–Crippen MR) is 49.4 cm³/mol. The first kappa shape index (κ1) is 10.0. The molecular formula is C9H9N2O3-. The van der Waals surface area contributed by atoms with E-state index in [2.05, 4.69) is 5.32 Å². The average Bonchev–Trinajstić information content (AvgIpc) is 2.16. The highest BCUT2D eigenvalue weighted by atomic mass is 16.4. The number of hydrogen-bond acceptors (Lipinski definition) is 5. The monoisotopic (exact) mass is 193 g/mol. The Morgan fingerprint density at radius 2 is 2.00 bits per heavy atom. The maximum absolute atomic E-state index is 10.7. The van der Waals surface area contributed by atoms with Gasteiger partial charge >= 0.3 is 0 Å². The number of carboxylic acids is 1. The van der Waals surface area contributed by atoms with Crippen LogP contribution in [0.2, 0.25) is 0 Å². The highest BCUT2D eigenvalue weighted by molar-refractivity contribution is 6.33. The Balaban J connectivity index is 2.58. The molecule has 0 unspecified atom stereocenters. The number of carboxylic acid groups (broad SMARTS) is 1. The Labute approximate surface area is 80.5 Å². The lowest BCUT2D eigenvalue weighted by molar-refractivity contribution is -0.299. The molecule has 1 rings (SSSR count). The maximum atomic E-state index is 10.7. The van der Waals surface area contributed by atoms with Gasteiger partial charge in [0, 0.05) is 0 Å². The Morgan fingerprint density at radius 3 is 2.57 bits per heavy atom. The van der Waals surface area contributed by atoms with Gasteiger partial charge in [-0.3, -0.25) is 4.79 Å². The molecule has 0 aliphatic heterocycles. The molecule has 0 radical (unpaired) electrons. The van der Waals surface area contributed by atoms with Gasteiger partial charge in [0.1, 0.15) is 5.97 Å². The molecule has 74 valence electrons. The molecule has 0 atom stereocenters. The third-order valence-corrected chi connectivity index (χ3v) is 1.63. The van der Waals surface area contributed by atoms with E-state index >= 15 is 0 Å². The molecule has 0 bridgehead atoms. The number of benzene rings is 1. The van der Waals surface area contributed by atoms with Crippen LogP contribution in [0.4, 0.5) is 11.4 Å². The van der Waals surface area contributed by atoms with Gasteiger partial charge in [-0.15, -0.1) is 0 Å². The van der Waals surface area contributed by atoms with E-state index in [1.807, 2.05) is 0 Å². The fourth-order valence-electron chi connectivity index (χ4n) is 0.906. The normalized spacial score (nSPS) is 9.43. The number of Topliss-reactive ketones (excluding diaryl/α,β-unsaturated/α-hetero) is 1. The van der Waals surface area contributed by atoms with Crippen LogP contribution in [0.5, 0.6) is 0 Å². The van der Waals surface area contributed by atoms with Gasteiger partial charge in [0.05, 0.1) is 17.9 Å². The van der Waals surface area contributed by atoms with Gasteiger partial charge in [-0.25, -0.2) is 0 Å². The summed E-state index contributed by atoms with van der Waals surface area (Å²) in [4.78, 5) is 20.7. The number of hydrogen-bond donors (Lipinski definition) is 2. The van der Waals surface area contributed by atoms with Crippen molar-refractivity contribution < 1.29 is 14.7 Å². The van der Waals surface area contributed by atoms with Crippen molar-refractivity contribution in [2.75, 3.05) is 17.6 Å². The van der Waals surface area contributed by atoms with Crippen molar-refractivity contribution in [3.8, 4) is 0 Å². The summed E-state index contributed by atoms with van der Waals surface area (Å²) in [6, 6.07) is 6.76. The summed E-state index contributed by atoms with van der Waals surface area (Å²) in [6.07, 6.45) is 0. The fraction of sp³-hybridized carbons (Fsp3) is 0.111. The first-order valence-electron chi connectivity index (χ1n) is 3.94. The van der Waals surface area contributed by atoms with Gasteiger partial charge in [-0.2, -0.15) is 0 Å². The number of aliphatic carboxylic acids is 1. The number of anilines is 2. The zero-order valence-electron chi connectivity index (χ0n) is 7.32. The van der Waals surface area contributed by atoms with Crippen molar-refractivity contribution >= 4 is 23.1 Å². The van der Waals surface area contributed by atoms with E-state index in [1.54, 1.807) is 24.3 Å². The summed E-state index contributed by atoms with van der Waals surface area (Å²) in [5.41, 5.74) is 6.53. The lowest BCUT2D eigenvalue weighted by atomic mass is 10.2. The second-order valence-electron chi connectivity index (χ2n) is 2.65. The number of nitrogen functional groups attached to an aromatic ring is 1. The molecule has 0 heterocycles. The van der Waals surface area contributed by atoms with E-state index in [-0.39, 0.29) is 6.54 Å². The molecule has 0 spiro atoms. The first-order chi connectivity index (χ1) is 6.61. The third kappa shape index (κ3) is 2.48. The minimum atomic E-state index is -1.70. The molecule has 1 aromatic rings. The molecule has 5 nitrogen and oxygen atoms in total. The molecule has 5 heteroatoms. The Hall–Kier alpha value is -2.04. The Kier molecular flexibility index (Phi) is 3.06. The van der Waals surface area contributed by atoms with Crippen LogP contribution in [0.15, 0.2) is 24.3 Å². The van der Waals surface area contributed by atoms with Crippen LogP contribution in [0.25, 0.3) is 0 Å². The van der Waals surface area contributed by atoms with E-state index in [1.165, 1.54) is 0 Å². The van der Waals surface area contributed by atoms with Crippen LogP contribution < -0.4 is 16.2 Å². The van der Waals surface area contributed by atoms with Crippen LogP contribution >= 0.6 is 0 Å². The summed E-state index contributed by atoms with van der Waals surface area (Å²) < 4.78 is 0. The van der Waals surface area contributed by atoms with E-state index in [0.717, 1.165) is 0 Å².